The van der Waals surface area contributed by atoms with Crippen molar-refractivity contribution in [1.82, 2.24) is 9.80 Å². The molecule has 0 unspecified atom stereocenters. The third kappa shape index (κ3) is 4.77. The first-order valence-electron chi connectivity index (χ1n) is 13.5. The lowest BCUT2D eigenvalue weighted by Gasteiger charge is -2.39. The second-order valence-corrected chi connectivity index (χ2v) is 11.2. The molecule has 0 spiro atoms. The minimum Gasteiger partial charge on any atom is -0.369 e. The first kappa shape index (κ1) is 26.6. The van der Waals surface area contributed by atoms with Gasteiger partial charge in [-0.1, -0.05) is 34.6 Å². The summed E-state index contributed by atoms with van der Waals surface area (Å²) < 4.78 is 5.82. The third-order valence-corrected chi connectivity index (χ3v) is 8.83. The largest absolute Gasteiger partial charge is 0.369 e. The van der Waals surface area contributed by atoms with Crippen LogP contribution in [0, 0.1) is 11.3 Å². The van der Waals surface area contributed by atoms with Crippen LogP contribution in [0.3, 0.4) is 0 Å². The summed E-state index contributed by atoms with van der Waals surface area (Å²) in [6, 6.07) is 5.18. The maximum absolute atomic E-state index is 14.4. The van der Waals surface area contributed by atoms with E-state index in [1.54, 1.807) is 11.0 Å². The molecule has 3 aliphatic rings. The molecule has 36 heavy (non-hydrogen) atoms. The summed E-state index contributed by atoms with van der Waals surface area (Å²) in [7, 11) is 0. The summed E-state index contributed by atoms with van der Waals surface area (Å²) in [5, 5.41) is 0. The number of ether oxygens (including phenoxy) is 1. The Morgan fingerprint density at radius 2 is 1.83 bits per heavy atom. The molecule has 3 heterocycles. The van der Waals surface area contributed by atoms with Gasteiger partial charge < -0.3 is 25.2 Å². The molecule has 8 heteroatoms. The lowest BCUT2D eigenvalue weighted by Crippen LogP contribution is -2.47. The SMILES string of the molecule is CC[C@H]1CN(C(=O)[C@H](c2cc(N3CCN(CC)CC3)ccc2C(N)=O)C(C)(C)CC)[C@@H]2C(=O)CO[C@H]12. The van der Waals surface area contributed by atoms with Crippen LogP contribution in [0.4, 0.5) is 5.69 Å². The number of amides is 2. The molecular weight excluding hydrogens is 456 g/mol. The van der Waals surface area contributed by atoms with Gasteiger partial charge in [-0.05, 0) is 48.6 Å². The fourth-order valence-electron chi connectivity index (χ4n) is 6.13. The molecule has 0 aromatic heterocycles. The van der Waals surface area contributed by atoms with E-state index in [2.05, 4.69) is 44.4 Å². The van der Waals surface area contributed by atoms with Gasteiger partial charge in [0.15, 0.2) is 5.78 Å². The Bertz CT molecular complexity index is 1000. The van der Waals surface area contributed by atoms with Gasteiger partial charge in [-0.3, -0.25) is 14.4 Å². The third-order valence-electron chi connectivity index (χ3n) is 8.83. The molecule has 1 aromatic rings. The van der Waals surface area contributed by atoms with E-state index < -0.39 is 23.3 Å². The molecule has 0 aliphatic carbocycles. The first-order chi connectivity index (χ1) is 17.1. The number of hydrogen-bond donors (Lipinski definition) is 1. The molecule has 0 bridgehead atoms. The van der Waals surface area contributed by atoms with E-state index in [0.29, 0.717) is 17.7 Å². The number of hydrogen-bond acceptors (Lipinski definition) is 6. The maximum Gasteiger partial charge on any atom is 0.249 e. The molecule has 3 aliphatic heterocycles. The lowest BCUT2D eigenvalue weighted by atomic mass is 9.71. The van der Waals surface area contributed by atoms with Crippen LogP contribution in [0.2, 0.25) is 0 Å². The number of fused-ring (bicyclic) bond motifs is 1. The Morgan fingerprint density at radius 3 is 2.42 bits per heavy atom. The van der Waals surface area contributed by atoms with E-state index in [1.165, 1.54) is 0 Å². The Hall–Kier alpha value is -2.45. The summed E-state index contributed by atoms with van der Waals surface area (Å²) in [6.07, 6.45) is 1.32. The number of likely N-dealkylation sites (tertiary alicyclic amines) is 1. The predicted molar refractivity (Wildman–Crippen MR) is 140 cm³/mol. The Kier molecular flexibility index (Phi) is 7.76. The van der Waals surface area contributed by atoms with E-state index in [1.807, 2.05) is 12.1 Å². The van der Waals surface area contributed by atoms with Crippen LogP contribution >= 0.6 is 0 Å². The van der Waals surface area contributed by atoms with E-state index in [4.69, 9.17) is 10.5 Å². The number of piperazine rings is 1. The van der Waals surface area contributed by atoms with E-state index in [-0.39, 0.29) is 30.3 Å². The van der Waals surface area contributed by atoms with Crippen molar-refractivity contribution in [2.75, 3.05) is 50.8 Å². The number of carbonyl (C=O) groups excluding carboxylic acids is 3. The number of Topliss-reactive ketones (excluding diaryl/α,β-unsaturated/α-hetero) is 1. The molecule has 0 radical (unpaired) electrons. The van der Waals surface area contributed by atoms with Crippen LogP contribution in [0.15, 0.2) is 18.2 Å². The molecule has 3 saturated heterocycles. The number of anilines is 1. The van der Waals surface area contributed by atoms with Crippen molar-refractivity contribution in [1.29, 1.82) is 0 Å². The van der Waals surface area contributed by atoms with Crippen LogP contribution in [-0.4, -0.2) is 85.4 Å². The standard InChI is InChI=1S/C28H42N4O4/c1-6-18-16-32(24-22(33)17-36-25(18)24)27(35)23(28(4,5)7-2)21-15-19(9-10-20(21)26(29)34)31-13-11-30(8-3)12-14-31/h9-10,15,18,23-25H,6-8,11-14,16-17H2,1-5H3,(H2,29,34)/t18-,23-,24+,25+/m0/s1. The lowest BCUT2D eigenvalue weighted by molar-refractivity contribution is -0.140. The highest BCUT2D eigenvalue weighted by Crippen LogP contribution is 2.45. The second kappa shape index (κ2) is 10.5. The summed E-state index contributed by atoms with van der Waals surface area (Å²) in [5.74, 6) is -1.15. The summed E-state index contributed by atoms with van der Waals surface area (Å²) in [5.41, 5.74) is 7.44. The van der Waals surface area contributed by atoms with Gasteiger partial charge in [0.1, 0.15) is 12.6 Å². The number of ketones is 1. The van der Waals surface area contributed by atoms with Crippen LogP contribution in [0.5, 0.6) is 0 Å². The Balaban J connectivity index is 1.75. The monoisotopic (exact) mass is 498 g/mol. The molecular formula is C28H42N4O4. The number of likely N-dealkylation sites (N-methyl/N-ethyl adjacent to an activating group) is 1. The van der Waals surface area contributed by atoms with Crippen LogP contribution in [0.25, 0.3) is 0 Å². The fourth-order valence-corrected chi connectivity index (χ4v) is 6.13. The number of rotatable bonds is 8. The van der Waals surface area contributed by atoms with Gasteiger partial charge in [0.25, 0.3) is 0 Å². The minimum atomic E-state index is -0.605. The van der Waals surface area contributed by atoms with Crippen LogP contribution in [-0.2, 0) is 14.3 Å². The molecule has 0 saturated carbocycles. The van der Waals surface area contributed by atoms with E-state index in [9.17, 15) is 14.4 Å². The average molecular weight is 499 g/mol. The number of nitrogens with zero attached hydrogens (tertiary/aromatic N) is 3. The molecule has 2 amide bonds. The van der Waals surface area contributed by atoms with Crippen molar-refractivity contribution in [2.45, 2.75) is 65.5 Å². The topological polar surface area (TPSA) is 96.2 Å². The molecule has 4 rings (SSSR count). The van der Waals surface area contributed by atoms with Gasteiger partial charge in [-0.15, -0.1) is 0 Å². The smallest absolute Gasteiger partial charge is 0.249 e. The predicted octanol–water partition coefficient (Wildman–Crippen LogP) is 2.65. The van der Waals surface area contributed by atoms with Gasteiger partial charge in [-0.25, -0.2) is 0 Å². The van der Waals surface area contributed by atoms with E-state index in [0.717, 1.165) is 51.3 Å². The van der Waals surface area contributed by atoms with E-state index >= 15 is 0 Å². The second-order valence-electron chi connectivity index (χ2n) is 11.2. The van der Waals surface area contributed by atoms with Gasteiger partial charge >= 0.3 is 0 Å². The minimum absolute atomic E-state index is 0.0324. The van der Waals surface area contributed by atoms with Crippen molar-refractivity contribution < 1.29 is 19.1 Å². The van der Waals surface area contributed by atoms with Gasteiger partial charge in [0, 0.05) is 49.9 Å². The summed E-state index contributed by atoms with van der Waals surface area (Å²) in [4.78, 5) is 46.2. The van der Waals surface area contributed by atoms with Crippen molar-refractivity contribution in [3.8, 4) is 0 Å². The molecule has 2 N–H and O–H groups in total. The summed E-state index contributed by atoms with van der Waals surface area (Å²) in [6.45, 7) is 15.7. The highest BCUT2D eigenvalue weighted by molar-refractivity contribution is 5.99. The Labute approximate surface area is 215 Å². The quantitative estimate of drug-likeness (QED) is 0.592. The number of primary amides is 1. The highest BCUT2D eigenvalue weighted by Gasteiger charge is 2.54. The van der Waals surface area contributed by atoms with Crippen LogP contribution < -0.4 is 10.6 Å². The molecule has 8 nitrogen and oxygen atoms in total. The molecule has 4 atom stereocenters. The number of carbonyl (C=O) groups is 3. The van der Waals surface area contributed by atoms with Crippen molar-refractivity contribution in [2.24, 2.45) is 17.1 Å². The summed E-state index contributed by atoms with van der Waals surface area (Å²) >= 11 is 0. The number of nitrogens with two attached hydrogens (primary N) is 1. The van der Waals surface area contributed by atoms with Crippen LogP contribution in [0.1, 0.15) is 69.3 Å². The molecule has 1 aromatic carbocycles. The average Bonchev–Trinajstić information content (AvgIpc) is 3.44. The first-order valence-corrected chi connectivity index (χ1v) is 13.5. The van der Waals surface area contributed by atoms with Crippen molar-refractivity contribution in [3.63, 3.8) is 0 Å². The fraction of sp³-hybridized carbons (Fsp3) is 0.679. The van der Waals surface area contributed by atoms with Gasteiger partial charge in [0.2, 0.25) is 11.8 Å². The normalized spacial score (nSPS) is 25.8. The van der Waals surface area contributed by atoms with Gasteiger partial charge in [-0.2, -0.15) is 0 Å². The zero-order valence-electron chi connectivity index (χ0n) is 22.5. The van der Waals surface area contributed by atoms with Gasteiger partial charge in [0.05, 0.1) is 12.0 Å². The number of benzene rings is 1. The highest BCUT2D eigenvalue weighted by atomic mass is 16.5. The maximum atomic E-state index is 14.4. The molecule has 3 fully saturated rings. The van der Waals surface area contributed by atoms with Crippen molar-refractivity contribution >= 4 is 23.3 Å². The zero-order chi connectivity index (χ0) is 26.2. The zero-order valence-corrected chi connectivity index (χ0v) is 22.5. The molecule has 198 valence electrons. The van der Waals surface area contributed by atoms with Crippen molar-refractivity contribution in [3.05, 3.63) is 29.3 Å². The Morgan fingerprint density at radius 1 is 1.14 bits per heavy atom.